The van der Waals surface area contributed by atoms with Gasteiger partial charge in [0, 0.05) is 26.8 Å². The van der Waals surface area contributed by atoms with Crippen LogP contribution in [-0.2, 0) is 9.47 Å². The molecule has 16 heavy (non-hydrogen) atoms. The summed E-state index contributed by atoms with van der Waals surface area (Å²) in [6.07, 6.45) is 1.14. The van der Waals surface area contributed by atoms with Crippen LogP contribution in [-0.4, -0.2) is 57.8 Å². The lowest BCUT2D eigenvalue weighted by molar-refractivity contribution is 0.133. The van der Waals surface area contributed by atoms with Gasteiger partial charge in [-0.2, -0.15) is 0 Å². The van der Waals surface area contributed by atoms with Crippen molar-refractivity contribution in [2.24, 2.45) is 0 Å². The molecule has 0 saturated carbocycles. The maximum Gasteiger partial charge on any atom is 0.404 e. The van der Waals surface area contributed by atoms with Gasteiger partial charge >= 0.3 is 6.09 Å². The van der Waals surface area contributed by atoms with Crippen molar-refractivity contribution in [2.45, 2.75) is 12.8 Å². The summed E-state index contributed by atoms with van der Waals surface area (Å²) in [5.74, 6) is 0. The van der Waals surface area contributed by atoms with Crippen LogP contribution in [0.25, 0.3) is 0 Å². The molecule has 0 unspecified atom stereocenters. The van der Waals surface area contributed by atoms with Crippen molar-refractivity contribution in [1.29, 1.82) is 0 Å². The average molecular weight is 234 g/mol. The number of methoxy groups -OCH3 is 1. The average Bonchev–Trinajstić information content (AvgIpc) is 2.25. The fourth-order valence-corrected chi connectivity index (χ4v) is 1.10. The lowest BCUT2D eigenvalue weighted by Crippen LogP contribution is -2.27. The third-order valence-electron chi connectivity index (χ3n) is 1.90. The molecule has 6 heteroatoms. The van der Waals surface area contributed by atoms with E-state index in [1.807, 2.05) is 0 Å². The molecule has 0 aliphatic rings. The molecule has 6 nitrogen and oxygen atoms in total. The van der Waals surface area contributed by atoms with Crippen molar-refractivity contribution in [1.82, 2.24) is 10.6 Å². The Morgan fingerprint density at radius 1 is 1.12 bits per heavy atom. The standard InChI is InChI=1S/C10H22N2O4/c1-15-7-3-2-4-11-5-8-16-9-6-12-10(13)14/h11-12H,2-9H2,1H3,(H,13,14). The van der Waals surface area contributed by atoms with Gasteiger partial charge in [-0.1, -0.05) is 0 Å². The molecule has 0 bridgehead atoms. The fraction of sp³-hybridized carbons (Fsp3) is 0.900. The molecule has 0 saturated heterocycles. The van der Waals surface area contributed by atoms with Gasteiger partial charge in [0.15, 0.2) is 0 Å². The molecule has 0 aromatic carbocycles. The lowest BCUT2D eigenvalue weighted by atomic mass is 10.3. The molecule has 0 atom stereocenters. The minimum Gasteiger partial charge on any atom is -0.465 e. The van der Waals surface area contributed by atoms with Crippen LogP contribution in [0.1, 0.15) is 12.8 Å². The van der Waals surface area contributed by atoms with Gasteiger partial charge in [-0.05, 0) is 19.4 Å². The van der Waals surface area contributed by atoms with Gasteiger partial charge in [-0.25, -0.2) is 4.79 Å². The SMILES string of the molecule is COCCCCNCCOCCNC(=O)O. The highest BCUT2D eigenvalue weighted by molar-refractivity contribution is 5.64. The van der Waals surface area contributed by atoms with Crippen molar-refractivity contribution in [3.8, 4) is 0 Å². The molecule has 0 radical (unpaired) electrons. The highest BCUT2D eigenvalue weighted by atomic mass is 16.5. The Hall–Kier alpha value is -0.850. The van der Waals surface area contributed by atoms with E-state index in [2.05, 4.69) is 10.6 Å². The number of nitrogens with one attached hydrogen (secondary N) is 2. The summed E-state index contributed by atoms with van der Waals surface area (Å²) in [6.45, 7) is 3.91. The van der Waals surface area contributed by atoms with Crippen LogP contribution >= 0.6 is 0 Å². The second kappa shape index (κ2) is 12.2. The van der Waals surface area contributed by atoms with E-state index in [9.17, 15) is 4.79 Å². The van der Waals surface area contributed by atoms with E-state index >= 15 is 0 Å². The molecule has 0 aromatic rings. The molecule has 96 valence electrons. The van der Waals surface area contributed by atoms with E-state index in [-0.39, 0.29) is 0 Å². The van der Waals surface area contributed by atoms with Gasteiger partial charge in [-0.3, -0.25) is 0 Å². The molecule has 0 aromatic heterocycles. The molecule has 0 heterocycles. The zero-order valence-corrected chi connectivity index (χ0v) is 9.83. The fourth-order valence-electron chi connectivity index (χ4n) is 1.10. The molecule has 0 rings (SSSR count). The van der Waals surface area contributed by atoms with Crippen molar-refractivity contribution in [3.05, 3.63) is 0 Å². The van der Waals surface area contributed by atoms with Crippen LogP contribution in [0.3, 0.4) is 0 Å². The normalized spacial score (nSPS) is 10.3. The molecule has 0 spiro atoms. The van der Waals surface area contributed by atoms with E-state index in [0.717, 1.165) is 32.5 Å². The lowest BCUT2D eigenvalue weighted by Gasteiger charge is -2.06. The summed E-state index contributed by atoms with van der Waals surface area (Å²) in [5, 5.41) is 13.7. The third kappa shape index (κ3) is 13.2. The van der Waals surface area contributed by atoms with E-state index in [1.165, 1.54) is 0 Å². The number of hydrogen-bond donors (Lipinski definition) is 3. The summed E-state index contributed by atoms with van der Waals surface area (Å²) in [6, 6.07) is 0. The van der Waals surface area contributed by atoms with Crippen molar-refractivity contribution < 1.29 is 19.4 Å². The van der Waals surface area contributed by atoms with Crippen LogP contribution in [0.5, 0.6) is 0 Å². The summed E-state index contributed by atoms with van der Waals surface area (Å²) >= 11 is 0. The summed E-state index contributed by atoms with van der Waals surface area (Å²) in [4.78, 5) is 10.1. The minimum absolute atomic E-state index is 0.336. The first kappa shape index (κ1) is 15.2. The van der Waals surface area contributed by atoms with E-state index in [1.54, 1.807) is 7.11 Å². The second-order valence-corrected chi connectivity index (χ2v) is 3.29. The molecule has 0 aliphatic carbocycles. The zero-order chi connectivity index (χ0) is 12.1. The summed E-state index contributed by atoms with van der Waals surface area (Å²) in [5.41, 5.74) is 0. The van der Waals surface area contributed by atoms with Gasteiger partial charge in [0.05, 0.1) is 13.2 Å². The van der Waals surface area contributed by atoms with Gasteiger partial charge in [0.2, 0.25) is 0 Å². The Balaban J connectivity index is 2.90. The number of hydrogen-bond acceptors (Lipinski definition) is 4. The monoisotopic (exact) mass is 234 g/mol. The second-order valence-electron chi connectivity index (χ2n) is 3.29. The number of amides is 1. The van der Waals surface area contributed by atoms with Gasteiger partial charge in [0.1, 0.15) is 0 Å². The number of unbranched alkanes of at least 4 members (excludes halogenated alkanes) is 1. The van der Waals surface area contributed by atoms with Gasteiger partial charge < -0.3 is 25.2 Å². The third-order valence-corrected chi connectivity index (χ3v) is 1.90. The molecule has 0 aliphatic heterocycles. The Kier molecular flexibility index (Phi) is 11.6. The van der Waals surface area contributed by atoms with E-state index in [4.69, 9.17) is 14.6 Å². The number of rotatable bonds is 11. The first-order valence-corrected chi connectivity index (χ1v) is 5.51. The van der Waals surface area contributed by atoms with Crippen LogP contribution in [0.15, 0.2) is 0 Å². The van der Waals surface area contributed by atoms with Gasteiger partial charge in [0.25, 0.3) is 0 Å². The number of carboxylic acid groups (broad SMARTS) is 1. The Labute approximate surface area is 96.3 Å². The highest BCUT2D eigenvalue weighted by Gasteiger charge is 1.93. The largest absolute Gasteiger partial charge is 0.465 e. The first-order valence-electron chi connectivity index (χ1n) is 5.51. The summed E-state index contributed by atoms with van der Waals surface area (Å²) in [7, 11) is 1.70. The van der Waals surface area contributed by atoms with E-state index < -0.39 is 6.09 Å². The highest BCUT2D eigenvalue weighted by Crippen LogP contribution is 1.86. The molecule has 0 fully saturated rings. The van der Waals surface area contributed by atoms with E-state index in [0.29, 0.717) is 19.8 Å². The van der Waals surface area contributed by atoms with Crippen LogP contribution in [0.4, 0.5) is 4.79 Å². The molecular weight excluding hydrogens is 212 g/mol. The summed E-state index contributed by atoms with van der Waals surface area (Å²) < 4.78 is 10.1. The number of ether oxygens (including phenoxy) is 2. The molecule has 3 N–H and O–H groups in total. The Bertz CT molecular complexity index is 167. The van der Waals surface area contributed by atoms with Crippen molar-refractivity contribution >= 4 is 6.09 Å². The van der Waals surface area contributed by atoms with Crippen LogP contribution in [0, 0.1) is 0 Å². The number of carbonyl (C=O) groups is 1. The molecule has 1 amide bonds. The van der Waals surface area contributed by atoms with Crippen LogP contribution < -0.4 is 10.6 Å². The Morgan fingerprint density at radius 2 is 1.88 bits per heavy atom. The van der Waals surface area contributed by atoms with Gasteiger partial charge in [-0.15, -0.1) is 0 Å². The predicted molar refractivity (Wildman–Crippen MR) is 60.8 cm³/mol. The predicted octanol–water partition coefficient (Wildman–Crippen LogP) is 0.287. The first-order chi connectivity index (χ1) is 7.77. The van der Waals surface area contributed by atoms with Crippen molar-refractivity contribution in [2.75, 3.05) is 46.6 Å². The quantitative estimate of drug-likeness (QED) is 0.448. The van der Waals surface area contributed by atoms with Crippen molar-refractivity contribution in [3.63, 3.8) is 0 Å². The zero-order valence-electron chi connectivity index (χ0n) is 9.83. The maximum absolute atomic E-state index is 10.1. The molecular formula is C10H22N2O4. The topological polar surface area (TPSA) is 79.8 Å². The Morgan fingerprint density at radius 3 is 2.56 bits per heavy atom. The smallest absolute Gasteiger partial charge is 0.404 e. The van der Waals surface area contributed by atoms with Crippen LogP contribution in [0.2, 0.25) is 0 Å². The minimum atomic E-state index is -1.01. The maximum atomic E-state index is 10.1.